The third-order valence-corrected chi connectivity index (χ3v) is 9.24. The molecule has 0 aromatic heterocycles. The third-order valence-electron chi connectivity index (χ3n) is 8.95. The number of nitrogens with two attached hydrogens (primary N) is 1. The first-order valence-corrected chi connectivity index (χ1v) is 16.4. The Balaban J connectivity index is 1.40. The molecule has 3 amide bonds. The number of carbonyl (C=O) groups is 3. The van der Waals surface area contributed by atoms with E-state index in [0.717, 1.165) is 40.7 Å². The molecule has 0 radical (unpaired) electrons. The largest absolute Gasteiger partial charge is 0.369 e. The predicted molar refractivity (Wildman–Crippen MR) is 187 cm³/mol. The van der Waals surface area contributed by atoms with Crippen molar-refractivity contribution in [1.29, 1.82) is 0 Å². The number of hydrogen-bond donors (Lipinski definition) is 2. The fourth-order valence-corrected chi connectivity index (χ4v) is 6.47. The van der Waals surface area contributed by atoms with Crippen LogP contribution in [-0.2, 0) is 20.9 Å². The van der Waals surface area contributed by atoms with Crippen molar-refractivity contribution in [3.63, 3.8) is 0 Å². The van der Waals surface area contributed by atoms with Crippen LogP contribution in [-0.4, -0.2) is 29.6 Å². The fraction of sp³-hybridized carbons (Fsp3) is 0.231. The standard InChI is InChI=1S/C39H36ClFN4O3/c1-2-9-29(36(42)46)31(21-24-16-17-24)38(47)44-37-39(48)45(23-25-10-8-13-27(20-25)28-18-19-33(41)32(40)22-28)34-15-7-6-14-30(34)35(43-37)26-11-4-3-5-12-26/h2-8,10-15,18-20,22,24,29,31,37H,1,9,16-17,21,23H2,(H2,42,46)(H,44,47)/t29-,31+,37?/m0/s1. The lowest BCUT2D eigenvalue weighted by molar-refractivity contribution is -0.135. The van der Waals surface area contributed by atoms with Gasteiger partial charge >= 0.3 is 0 Å². The number of benzene rings is 4. The van der Waals surface area contributed by atoms with Crippen LogP contribution in [0.4, 0.5) is 10.1 Å². The first-order chi connectivity index (χ1) is 23.2. The van der Waals surface area contributed by atoms with Gasteiger partial charge in [-0.15, -0.1) is 6.58 Å². The Kier molecular flexibility index (Phi) is 9.82. The van der Waals surface area contributed by atoms with E-state index in [9.17, 15) is 18.8 Å². The number of amides is 3. The van der Waals surface area contributed by atoms with Gasteiger partial charge in [-0.25, -0.2) is 9.38 Å². The molecule has 0 bridgehead atoms. The highest BCUT2D eigenvalue weighted by molar-refractivity contribution is 6.31. The van der Waals surface area contributed by atoms with E-state index in [1.54, 1.807) is 23.1 Å². The Morgan fingerprint density at radius 1 is 0.958 bits per heavy atom. The second-order valence-corrected chi connectivity index (χ2v) is 12.8. The Morgan fingerprint density at radius 2 is 1.67 bits per heavy atom. The van der Waals surface area contributed by atoms with Crippen LogP contribution in [0.3, 0.4) is 0 Å². The molecule has 7 nitrogen and oxygen atoms in total. The van der Waals surface area contributed by atoms with Gasteiger partial charge in [-0.3, -0.25) is 14.4 Å². The molecule has 3 N–H and O–H groups in total. The molecule has 0 saturated heterocycles. The summed E-state index contributed by atoms with van der Waals surface area (Å²) in [5, 5.41) is 2.94. The van der Waals surface area contributed by atoms with E-state index in [-0.39, 0.29) is 18.0 Å². The van der Waals surface area contributed by atoms with Gasteiger partial charge < -0.3 is 16.0 Å². The molecule has 1 saturated carbocycles. The summed E-state index contributed by atoms with van der Waals surface area (Å²) in [4.78, 5) is 47.7. The molecule has 6 rings (SSSR count). The lowest BCUT2D eigenvalue weighted by Gasteiger charge is -2.28. The van der Waals surface area contributed by atoms with Gasteiger partial charge in [0.15, 0.2) is 0 Å². The molecule has 3 atom stereocenters. The maximum atomic E-state index is 14.6. The molecule has 4 aromatic rings. The SMILES string of the molecule is C=CC[C@H](C(N)=O)[C@@H](CC1CC1)C(=O)NC1N=C(c2ccccc2)c2ccccc2N(Cc2cccc(-c3ccc(F)c(Cl)c3)c2)C1=O. The van der Waals surface area contributed by atoms with E-state index in [4.69, 9.17) is 22.3 Å². The van der Waals surface area contributed by atoms with Gasteiger partial charge in [0.1, 0.15) is 5.82 Å². The van der Waals surface area contributed by atoms with Gasteiger partial charge in [0.25, 0.3) is 5.91 Å². The minimum absolute atomic E-state index is 0.0188. The summed E-state index contributed by atoms with van der Waals surface area (Å²) in [7, 11) is 0. The summed E-state index contributed by atoms with van der Waals surface area (Å²) in [6.45, 7) is 3.93. The van der Waals surface area contributed by atoms with Gasteiger partial charge in [-0.05, 0) is 59.7 Å². The van der Waals surface area contributed by atoms with Crippen LogP contribution in [0.5, 0.6) is 0 Å². The van der Waals surface area contributed by atoms with Crippen molar-refractivity contribution in [2.45, 2.75) is 38.4 Å². The van der Waals surface area contributed by atoms with Crippen LogP contribution >= 0.6 is 11.6 Å². The normalized spacial score (nSPS) is 17.0. The van der Waals surface area contributed by atoms with Crippen LogP contribution in [0, 0.1) is 23.6 Å². The molecular formula is C39H36ClFN4O3. The van der Waals surface area contributed by atoms with Gasteiger partial charge in [0, 0.05) is 11.1 Å². The molecule has 1 aliphatic carbocycles. The Labute approximate surface area is 284 Å². The van der Waals surface area contributed by atoms with Crippen molar-refractivity contribution in [1.82, 2.24) is 5.32 Å². The lowest BCUT2D eigenvalue weighted by atomic mass is 9.84. The number of carbonyl (C=O) groups excluding carboxylic acids is 3. The van der Waals surface area contributed by atoms with Crippen LogP contribution in [0.1, 0.15) is 42.4 Å². The molecule has 0 spiro atoms. The number of primary amides is 1. The summed E-state index contributed by atoms with van der Waals surface area (Å²) in [5.74, 6) is -3.11. The molecule has 9 heteroatoms. The number of allylic oxidation sites excluding steroid dienone is 1. The number of para-hydroxylation sites is 1. The van der Waals surface area contributed by atoms with Gasteiger partial charge in [0.2, 0.25) is 18.0 Å². The molecule has 244 valence electrons. The molecular weight excluding hydrogens is 627 g/mol. The first-order valence-electron chi connectivity index (χ1n) is 16.0. The summed E-state index contributed by atoms with van der Waals surface area (Å²) in [5.41, 5.74) is 10.8. The zero-order valence-corrected chi connectivity index (χ0v) is 27.1. The zero-order valence-electron chi connectivity index (χ0n) is 26.3. The highest BCUT2D eigenvalue weighted by Crippen LogP contribution is 2.39. The van der Waals surface area contributed by atoms with Crippen molar-refractivity contribution in [2.24, 2.45) is 28.5 Å². The number of anilines is 1. The Bertz CT molecular complexity index is 1890. The maximum Gasteiger partial charge on any atom is 0.272 e. The fourth-order valence-electron chi connectivity index (χ4n) is 6.29. The second kappa shape index (κ2) is 14.4. The zero-order chi connectivity index (χ0) is 33.8. The van der Waals surface area contributed by atoms with Crippen molar-refractivity contribution >= 4 is 40.7 Å². The Morgan fingerprint density at radius 3 is 2.38 bits per heavy atom. The average molecular weight is 663 g/mol. The summed E-state index contributed by atoms with van der Waals surface area (Å²) in [6, 6.07) is 29.2. The van der Waals surface area contributed by atoms with Crippen LogP contribution in [0.25, 0.3) is 11.1 Å². The van der Waals surface area contributed by atoms with Crippen LogP contribution in [0.15, 0.2) is 115 Å². The first kappa shape index (κ1) is 32.8. The number of hydrogen-bond acceptors (Lipinski definition) is 4. The third kappa shape index (κ3) is 7.24. The average Bonchev–Trinajstić information content (AvgIpc) is 3.93. The Hall–Kier alpha value is -5.08. The number of aliphatic imine (C=N–C) groups is 1. The summed E-state index contributed by atoms with van der Waals surface area (Å²) in [6.07, 6.45) is 3.02. The highest BCUT2D eigenvalue weighted by atomic mass is 35.5. The number of rotatable bonds is 12. The number of nitrogens with one attached hydrogen (secondary N) is 1. The second-order valence-electron chi connectivity index (χ2n) is 12.3. The van der Waals surface area contributed by atoms with Gasteiger partial charge in [-0.2, -0.15) is 0 Å². The van der Waals surface area contributed by atoms with Gasteiger partial charge in [0.05, 0.1) is 34.8 Å². The highest BCUT2D eigenvalue weighted by Gasteiger charge is 2.40. The maximum absolute atomic E-state index is 14.6. The molecule has 48 heavy (non-hydrogen) atoms. The molecule has 4 aromatic carbocycles. The van der Waals surface area contributed by atoms with E-state index in [1.807, 2.05) is 78.9 Å². The smallest absolute Gasteiger partial charge is 0.272 e. The van der Waals surface area contributed by atoms with E-state index >= 15 is 0 Å². The van der Waals surface area contributed by atoms with Crippen molar-refractivity contribution in [2.75, 3.05) is 4.90 Å². The van der Waals surface area contributed by atoms with Crippen molar-refractivity contribution < 1.29 is 18.8 Å². The van der Waals surface area contributed by atoms with Crippen molar-refractivity contribution in [3.05, 3.63) is 137 Å². The van der Waals surface area contributed by atoms with E-state index < -0.39 is 41.5 Å². The topological polar surface area (TPSA) is 105 Å². The number of nitrogens with zero attached hydrogens (tertiary/aromatic N) is 2. The summed E-state index contributed by atoms with van der Waals surface area (Å²) < 4.78 is 13.9. The van der Waals surface area contributed by atoms with E-state index in [0.29, 0.717) is 23.7 Å². The number of benzodiazepines with no additional fused rings is 1. The van der Waals surface area contributed by atoms with Crippen molar-refractivity contribution in [3.8, 4) is 11.1 Å². The van der Waals surface area contributed by atoms with Crippen LogP contribution < -0.4 is 16.0 Å². The minimum Gasteiger partial charge on any atom is -0.369 e. The number of halogens is 2. The molecule has 1 aliphatic heterocycles. The minimum atomic E-state index is -1.28. The van der Waals surface area contributed by atoms with Crippen LogP contribution in [0.2, 0.25) is 5.02 Å². The molecule has 1 fully saturated rings. The molecule has 1 heterocycles. The number of fused-ring (bicyclic) bond motifs is 1. The lowest BCUT2D eigenvalue weighted by Crippen LogP contribution is -2.50. The summed E-state index contributed by atoms with van der Waals surface area (Å²) >= 11 is 6.08. The molecule has 1 unspecified atom stereocenters. The van der Waals surface area contributed by atoms with E-state index in [2.05, 4.69) is 11.9 Å². The molecule has 2 aliphatic rings. The quantitative estimate of drug-likeness (QED) is 0.159. The van der Waals surface area contributed by atoms with Gasteiger partial charge in [-0.1, -0.05) is 103 Å². The monoisotopic (exact) mass is 662 g/mol. The predicted octanol–water partition coefficient (Wildman–Crippen LogP) is 7.07. The van der Waals surface area contributed by atoms with E-state index in [1.165, 1.54) is 6.07 Å².